The molecule has 84 valence electrons. The van der Waals surface area contributed by atoms with Crippen molar-refractivity contribution in [3.8, 4) is 5.75 Å². The van der Waals surface area contributed by atoms with Crippen LogP contribution in [-0.4, -0.2) is 4.98 Å². The Morgan fingerprint density at radius 1 is 1.25 bits per heavy atom. The van der Waals surface area contributed by atoms with Crippen molar-refractivity contribution in [3.63, 3.8) is 0 Å². The van der Waals surface area contributed by atoms with Crippen molar-refractivity contribution in [1.29, 1.82) is 0 Å². The summed E-state index contributed by atoms with van der Waals surface area (Å²) in [6.07, 6.45) is 0. The summed E-state index contributed by atoms with van der Waals surface area (Å²) < 4.78 is 11.0. The minimum atomic E-state index is 0.373. The number of benzene rings is 1. The molecule has 1 aromatic carbocycles. The Morgan fingerprint density at radius 3 is 2.69 bits per heavy atom. The van der Waals surface area contributed by atoms with Gasteiger partial charge in [0.2, 0.25) is 5.89 Å². The first-order chi connectivity index (χ1) is 7.65. The number of hydrogen-bond acceptors (Lipinski definition) is 3. The molecule has 0 N–H and O–H groups in total. The Kier molecular flexibility index (Phi) is 2.95. The van der Waals surface area contributed by atoms with E-state index in [0.29, 0.717) is 12.5 Å². The van der Waals surface area contributed by atoms with Gasteiger partial charge in [-0.25, -0.2) is 4.98 Å². The third kappa shape index (κ3) is 2.42. The molecule has 0 aliphatic heterocycles. The van der Waals surface area contributed by atoms with Crippen LogP contribution in [0.25, 0.3) is 0 Å². The van der Waals surface area contributed by atoms with Crippen LogP contribution in [0.3, 0.4) is 0 Å². The molecule has 0 radical (unpaired) electrons. The van der Waals surface area contributed by atoms with E-state index in [4.69, 9.17) is 9.15 Å². The van der Waals surface area contributed by atoms with E-state index < -0.39 is 0 Å². The normalized spacial score (nSPS) is 10.4. The third-order valence-electron chi connectivity index (χ3n) is 2.42. The van der Waals surface area contributed by atoms with E-state index in [1.54, 1.807) is 0 Å². The second-order valence-electron chi connectivity index (χ2n) is 3.85. The summed E-state index contributed by atoms with van der Waals surface area (Å²) in [5.41, 5.74) is 2.10. The first-order valence-electron chi connectivity index (χ1n) is 5.27. The van der Waals surface area contributed by atoms with Gasteiger partial charge < -0.3 is 9.15 Å². The largest absolute Gasteiger partial charge is 0.484 e. The molecule has 0 saturated carbocycles. The van der Waals surface area contributed by atoms with Crippen LogP contribution in [0.5, 0.6) is 5.75 Å². The zero-order valence-corrected chi connectivity index (χ0v) is 9.78. The second kappa shape index (κ2) is 4.39. The Morgan fingerprint density at radius 2 is 2.06 bits per heavy atom. The fourth-order valence-electron chi connectivity index (χ4n) is 1.45. The van der Waals surface area contributed by atoms with Gasteiger partial charge in [-0.1, -0.05) is 12.1 Å². The van der Waals surface area contributed by atoms with Crippen LogP contribution < -0.4 is 4.74 Å². The van der Waals surface area contributed by atoms with Crippen molar-refractivity contribution in [3.05, 3.63) is 47.2 Å². The fraction of sp³-hybridized carbons (Fsp3) is 0.308. The van der Waals surface area contributed by atoms with Gasteiger partial charge in [-0.15, -0.1) is 0 Å². The maximum absolute atomic E-state index is 5.58. The number of hydrogen-bond donors (Lipinski definition) is 0. The molecular weight excluding hydrogens is 202 g/mol. The maximum Gasteiger partial charge on any atom is 0.232 e. The minimum Gasteiger partial charge on any atom is -0.484 e. The summed E-state index contributed by atoms with van der Waals surface area (Å²) in [5.74, 6) is 2.31. The van der Waals surface area contributed by atoms with Crippen LogP contribution in [0.2, 0.25) is 0 Å². The first kappa shape index (κ1) is 10.7. The first-order valence-corrected chi connectivity index (χ1v) is 5.27. The Hall–Kier alpha value is -1.77. The van der Waals surface area contributed by atoms with E-state index >= 15 is 0 Å². The van der Waals surface area contributed by atoms with Crippen LogP contribution in [0.4, 0.5) is 0 Å². The maximum atomic E-state index is 5.58. The van der Waals surface area contributed by atoms with Gasteiger partial charge in [-0.05, 0) is 38.5 Å². The van der Waals surface area contributed by atoms with E-state index in [1.807, 2.05) is 45.0 Å². The van der Waals surface area contributed by atoms with Crippen molar-refractivity contribution < 1.29 is 9.15 Å². The van der Waals surface area contributed by atoms with Crippen LogP contribution in [0.1, 0.15) is 22.9 Å². The van der Waals surface area contributed by atoms with Gasteiger partial charge >= 0.3 is 0 Å². The highest BCUT2D eigenvalue weighted by atomic mass is 16.5. The molecule has 1 heterocycles. The molecule has 0 atom stereocenters. The van der Waals surface area contributed by atoms with E-state index in [2.05, 4.69) is 4.98 Å². The van der Waals surface area contributed by atoms with Gasteiger partial charge in [0.15, 0.2) is 6.61 Å². The molecular formula is C13H15NO2. The number of aryl methyl sites for hydroxylation is 3. The summed E-state index contributed by atoms with van der Waals surface area (Å²) >= 11 is 0. The van der Waals surface area contributed by atoms with E-state index in [-0.39, 0.29) is 0 Å². The van der Waals surface area contributed by atoms with Gasteiger partial charge in [0.1, 0.15) is 11.5 Å². The third-order valence-corrected chi connectivity index (χ3v) is 2.42. The Labute approximate surface area is 95.1 Å². The van der Waals surface area contributed by atoms with Gasteiger partial charge in [-0.2, -0.15) is 0 Å². The highest BCUT2D eigenvalue weighted by Gasteiger charge is 2.05. The molecule has 2 aromatic rings. The van der Waals surface area contributed by atoms with Crippen LogP contribution in [0.15, 0.2) is 28.7 Å². The summed E-state index contributed by atoms with van der Waals surface area (Å²) in [4.78, 5) is 4.26. The van der Waals surface area contributed by atoms with Crippen LogP contribution >= 0.6 is 0 Å². The van der Waals surface area contributed by atoms with Crippen molar-refractivity contribution in [1.82, 2.24) is 4.98 Å². The monoisotopic (exact) mass is 217 g/mol. The summed E-state index contributed by atoms with van der Waals surface area (Å²) in [6.45, 7) is 6.23. The van der Waals surface area contributed by atoms with Crippen LogP contribution in [-0.2, 0) is 6.61 Å². The van der Waals surface area contributed by atoms with Crippen molar-refractivity contribution in [2.75, 3.05) is 0 Å². The molecule has 0 amide bonds. The molecule has 0 saturated heterocycles. The van der Waals surface area contributed by atoms with E-state index in [1.165, 1.54) is 5.56 Å². The average molecular weight is 217 g/mol. The van der Waals surface area contributed by atoms with E-state index in [9.17, 15) is 0 Å². The lowest BCUT2D eigenvalue weighted by Crippen LogP contribution is -1.95. The number of ether oxygens (including phenoxy) is 1. The van der Waals surface area contributed by atoms with Crippen molar-refractivity contribution in [2.24, 2.45) is 0 Å². The predicted octanol–water partition coefficient (Wildman–Crippen LogP) is 3.18. The number of oxazole rings is 1. The molecule has 0 bridgehead atoms. The summed E-state index contributed by atoms with van der Waals surface area (Å²) in [7, 11) is 0. The molecule has 2 rings (SSSR count). The Balaban J connectivity index is 2.02. The standard InChI is InChI=1S/C13H15NO2/c1-9-5-4-6-12(7-9)15-8-13-14-10(2)11(3)16-13/h4-7H,8H2,1-3H3. The lowest BCUT2D eigenvalue weighted by Gasteiger charge is -2.03. The highest BCUT2D eigenvalue weighted by molar-refractivity contribution is 5.27. The number of rotatable bonds is 3. The molecule has 0 aliphatic rings. The van der Waals surface area contributed by atoms with E-state index in [0.717, 1.165) is 17.2 Å². The zero-order chi connectivity index (χ0) is 11.5. The quantitative estimate of drug-likeness (QED) is 0.792. The lowest BCUT2D eigenvalue weighted by molar-refractivity contribution is 0.260. The summed E-state index contributed by atoms with van der Waals surface area (Å²) in [5, 5.41) is 0. The molecule has 0 unspecified atom stereocenters. The van der Waals surface area contributed by atoms with Gasteiger partial charge in [-0.3, -0.25) is 0 Å². The van der Waals surface area contributed by atoms with Gasteiger partial charge in [0.25, 0.3) is 0 Å². The molecule has 16 heavy (non-hydrogen) atoms. The highest BCUT2D eigenvalue weighted by Crippen LogP contribution is 2.15. The average Bonchev–Trinajstić information content (AvgIpc) is 2.56. The summed E-state index contributed by atoms with van der Waals surface area (Å²) in [6, 6.07) is 7.92. The molecule has 3 heteroatoms. The van der Waals surface area contributed by atoms with Crippen LogP contribution in [0, 0.1) is 20.8 Å². The molecule has 0 fully saturated rings. The fourth-order valence-corrected chi connectivity index (χ4v) is 1.45. The SMILES string of the molecule is Cc1cccc(OCc2nc(C)c(C)o2)c1. The lowest BCUT2D eigenvalue weighted by atomic mass is 10.2. The smallest absolute Gasteiger partial charge is 0.232 e. The van der Waals surface area contributed by atoms with Crippen molar-refractivity contribution >= 4 is 0 Å². The molecule has 1 aromatic heterocycles. The predicted molar refractivity (Wildman–Crippen MR) is 61.5 cm³/mol. The topological polar surface area (TPSA) is 35.3 Å². The number of nitrogens with zero attached hydrogens (tertiary/aromatic N) is 1. The number of aromatic nitrogens is 1. The zero-order valence-electron chi connectivity index (χ0n) is 9.78. The molecule has 0 aliphatic carbocycles. The minimum absolute atomic E-state index is 0.373. The van der Waals surface area contributed by atoms with Gasteiger partial charge in [0.05, 0.1) is 5.69 Å². The Bertz CT molecular complexity index is 469. The van der Waals surface area contributed by atoms with Crippen molar-refractivity contribution in [2.45, 2.75) is 27.4 Å². The molecule has 3 nitrogen and oxygen atoms in total. The second-order valence-corrected chi connectivity index (χ2v) is 3.85. The molecule has 0 spiro atoms. The van der Waals surface area contributed by atoms with Gasteiger partial charge in [0, 0.05) is 0 Å².